The number of fused-ring (bicyclic) bond motifs is 1. The third-order valence-corrected chi connectivity index (χ3v) is 6.04. The minimum absolute atomic E-state index is 0.308. The van der Waals surface area contributed by atoms with Crippen molar-refractivity contribution in [2.75, 3.05) is 66.0 Å². The van der Waals surface area contributed by atoms with Gasteiger partial charge in [0.05, 0.1) is 52.9 Å². The summed E-state index contributed by atoms with van der Waals surface area (Å²) in [5.41, 5.74) is 0.308. The van der Waals surface area contributed by atoms with Gasteiger partial charge in [-0.15, -0.1) is 0 Å². The van der Waals surface area contributed by atoms with E-state index in [0.717, 1.165) is 37.7 Å². The zero-order valence-electron chi connectivity index (χ0n) is 20.4. The maximum absolute atomic E-state index is 11.8. The molecule has 2 aliphatic rings. The van der Waals surface area contributed by atoms with Crippen LogP contribution in [0.5, 0.6) is 0 Å². The van der Waals surface area contributed by atoms with Gasteiger partial charge in [0, 0.05) is 13.2 Å². The molecule has 32 heavy (non-hydrogen) atoms. The summed E-state index contributed by atoms with van der Waals surface area (Å²) in [5, 5.41) is 2.75. The van der Waals surface area contributed by atoms with Gasteiger partial charge in [0.15, 0.2) is 0 Å². The fourth-order valence-electron chi connectivity index (χ4n) is 4.03. The van der Waals surface area contributed by atoms with Gasteiger partial charge in [-0.1, -0.05) is 32.9 Å². The number of alkyl carbamates (subject to hydrolysis) is 1. The number of carbonyl (C=O) groups is 1. The van der Waals surface area contributed by atoms with Crippen LogP contribution < -0.4 is 5.32 Å². The summed E-state index contributed by atoms with van der Waals surface area (Å²) in [6.45, 7) is 12.1. The first-order valence-corrected chi connectivity index (χ1v) is 12.3. The second-order valence-corrected chi connectivity index (χ2v) is 9.90. The Morgan fingerprint density at radius 3 is 1.84 bits per heavy atom. The topological polar surface area (TPSA) is 75.3 Å². The predicted octanol–water partition coefficient (Wildman–Crippen LogP) is 4.21. The van der Waals surface area contributed by atoms with Crippen LogP contribution in [0.2, 0.25) is 0 Å². The lowest BCUT2D eigenvalue weighted by molar-refractivity contribution is -0.00372. The molecule has 2 aliphatic carbocycles. The largest absolute Gasteiger partial charge is 0.449 e. The first-order valence-electron chi connectivity index (χ1n) is 12.3. The summed E-state index contributed by atoms with van der Waals surface area (Å²) in [5.74, 6) is 2.04. The lowest BCUT2D eigenvalue weighted by atomic mass is 9.93. The van der Waals surface area contributed by atoms with E-state index >= 15 is 0 Å². The Kier molecular flexibility index (Phi) is 13.2. The molecule has 2 unspecified atom stereocenters. The van der Waals surface area contributed by atoms with Crippen LogP contribution in [0.25, 0.3) is 0 Å². The van der Waals surface area contributed by atoms with Crippen molar-refractivity contribution in [1.82, 2.24) is 5.32 Å². The molecule has 0 heterocycles. The maximum Gasteiger partial charge on any atom is 0.407 e. The van der Waals surface area contributed by atoms with Crippen molar-refractivity contribution in [2.45, 2.75) is 52.9 Å². The lowest BCUT2D eigenvalue weighted by Gasteiger charge is -2.17. The highest BCUT2D eigenvalue weighted by atomic mass is 16.6. The average molecular weight is 456 g/mol. The number of nitrogens with one attached hydrogen (secondary N) is 1. The summed E-state index contributed by atoms with van der Waals surface area (Å²) in [4.78, 5) is 11.8. The van der Waals surface area contributed by atoms with Gasteiger partial charge in [0.1, 0.15) is 0 Å². The standard InChI is InChI=1S/C25H45NO6/c1-25(2,3)10-12-28-14-16-30-18-19-31-17-15-29-13-11-26-24(27)32-20-23-21-8-6-4-5-7-9-22(21)23/h4-5,21-23H,6-20H2,1-3H3,(H,26,27)/b5-4-. The van der Waals surface area contributed by atoms with E-state index in [-0.39, 0.29) is 6.09 Å². The molecule has 1 fully saturated rings. The molecule has 7 heteroatoms. The van der Waals surface area contributed by atoms with Gasteiger partial charge in [-0.3, -0.25) is 0 Å². The van der Waals surface area contributed by atoms with Crippen LogP contribution in [0.3, 0.4) is 0 Å². The number of amides is 1. The van der Waals surface area contributed by atoms with Crippen molar-refractivity contribution in [1.29, 1.82) is 0 Å². The fourth-order valence-corrected chi connectivity index (χ4v) is 4.03. The molecule has 0 radical (unpaired) electrons. The van der Waals surface area contributed by atoms with E-state index in [0.29, 0.717) is 70.7 Å². The van der Waals surface area contributed by atoms with Gasteiger partial charge < -0.3 is 29.0 Å². The molecule has 0 saturated heterocycles. The van der Waals surface area contributed by atoms with Crippen molar-refractivity contribution >= 4 is 6.09 Å². The molecule has 2 atom stereocenters. The number of carbonyl (C=O) groups excluding carboxylic acids is 1. The van der Waals surface area contributed by atoms with E-state index in [1.807, 2.05) is 0 Å². The van der Waals surface area contributed by atoms with Crippen LogP contribution in [0.15, 0.2) is 12.2 Å². The lowest BCUT2D eigenvalue weighted by Crippen LogP contribution is -2.29. The molecular formula is C25H45NO6. The van der Waals surface area contributed by atoms with Crippen molar-refractivity contribution in [3.8, 4) is 0 Å². The normalized spacial score (nSPS) is 23.7. The maximum atomic E-state index is 11.8. The van der Waals surface area contributed by atoms with Crippen molar-refractivity contribution < 1.29 is 28.5 Å². The molecule has 2 rings (SSSR count). The van der Waals surface area contributed by atoms with Gasteiger partial charge in [-0.05, 0) is 55.3 Å². The highest BCUT2D eigenvalue weighted by Crippen LogP contribution is 2.52. The Labute approximate surface area is 194 Å². The molecule has 0 aromatic heterocycles. The van der Waals surface area contributed by atoms with Gasteiger partial charge in [0.2, 0.25) is 0 Å². The summed E-state index contributed by atoms with van der Waals surface area (Å²) in [7, 11) is 0. The van der Waals surface area contributed by atoms with E-state index in [1.54, 1.807) is 0 Å². The minimum atomic E-state index is -0.346. The van der Waals surface area contributed by atoms with Gasteiger partial charge in [-0.25, -0.2) is 4.79 Å². The second-order valence-electron chi connectivity index (χ2n) is 9.90. The van der Waals surface area contributed by atoms with Crippen LogP contribution in [-0.2, 0) is 23.7 Å². The van der Waals surface area contributed by atoms with Crippen molar-refractivity contribution in [3.63, 3.8) is 0 Å². The highest BCUT2D eigenvalue weighted by Gasteiger charge is 2.49. The van der Waals surface area contributed by atoms with E-state index < -0.39 is 0 Å². The van der Waals surface area contributed by atoms with E-state index in [2.05, 4.69) is 38.2 Å². The smallest absolute Gasteiger partial charge is 0.407 e. The van der Waals surface area contributed by atoms with Gasteiger partial charge in [0.25, 0.3) is 0 Å². The van der Waals surface area contributed by atoms with Crippen LogP contribution >= 0.6 is 0 Å². The third kappa shape index (κ3) is 12.8. The molecule has 0 aromatic carbocycles. The minimum Gasteiger partial charge on any atom is -0.449 e. The summed E-state index contributed by atoms with van der Waals surface area (Å²) < 4.78 is 27.3. The number of allylic oxidation sites excluding steroid dienone is 2. The van der Waals surface area contributed by atoms with E-state index in [4.69, 9.17) is 23.7 Å². The molecule has 0 spiro atoms. The molecule has 0 aliphatic heterocycles. The van der Waals surface area contributed by atoms with Crippen LogP contribution in [0.4, 0.5) is 4.79 Å². The molecule has 7 nitrogen and oxygen atoms in total. The number of hydrogen-bond acceptors (Lipinski definition) is 6. The number of hydrogen-bond donors (Lipinski definition) is 1. The zero-order chi connectivity index (χ0) is 23.1. The Balaban J connectivity index is 1.28. The molecule has 1 N–H and O–H groups in total. The van der Waals surface area contributed by atoms with Crippen LogP contribution in [-0.4, -0.2) is 72.1 Å². The van der Waals surface area contributed by atoms with Crippen LogP contribution in [0.1, 0.15) is 52.9 Å². The summed E-state index contributed by atoms with van der Waals surface area (Å²) >= 11 is 0. The Morgan fingerprint density at radius 2 is 1.31 bits per heavy atom. The first kappa shape index (κ1) is 27.1. The third-order valence-electron chi connectivity index (χ3n) is 6.04. The van der Waals surface area contributed by atoms with E-state index in [1.165, 1.54) is 12.8 Å². The second kappa shape index (κ2) is 15.6. The van der Waals surface area contributed by atoms with Gasteiger partial charge in [-0.2, -0.15) is 0 Å². The zero-order valence-corrected chi connectivity index (χ0v) is 20.4. The molecule has 1 amide bonds. The summed E-state index contributed by atoms with van der Waals surface area (Å²) in [6, 6.07) is 0. The van der Waals surface area contributed by atoms with Crippen LogP contribution in [0, 0.1) is 23.2 Å². The SMILES string of the molecule is CC(C)(C)CCOCCOCCOCCOCCNC(=O)OCC1C2CC/C=C\CCC21. The Morgan fingerprint density at radius 1 is 0.812 bits per heavy atom. The van der Waals surface area contributed by atoms with E-state index in [9.17, 15) is 4.79 Å². The highest BCUT2D eigenvalue weighted by molar-refractivity contribution is 5.67. The number of ether oxygens (including phenoxy) is 5. The Bertz CT molecular complexity index is 517. The summed E-state index contributed by atoms with van der Waals surface area (Å²) in [6.07, 6.45) is 10.0. The predicted molar refractivity (Wildman–Crippen MR) is 125 cm³/mol. The fraction of sp³-hybridized carbons (Fsp3) is 0.880. The molecule has 0 aromatic rings. The molecule has 1 saturated carbocycles. The average Bonchev–Trinajstić information content (AvgIpc) is 3.37. The first-order chi connectivity index (χ1) is 15.5. The Hall–Kier alpha value is -1.15. The number of rotatable bonds is 16. The van der Waals surface area contributed by atoms with Crippen molar-refractivity contribution in [2.24, 2.45) is 23.2 Å². The monoisotopic (exact) mass is 455 g/mol. The molecular weight excluding hydrogens is 410 g/mol. The van der Waals surface area contributed by atoms with Crippen molar-refractivity contribution in [3.05, 3.63) is 12.2 Å². The van der Waals surface area contributed by atoms with Gasteiger partial charge >= 0.3 is 6.09 Å². The molecule has 186 valence electrons. The molecule has 0 bridgehead atoms. The quantitative estimate of drug-likeness (QED) is 0.278.